The van der Waals surface area contributed by atoms with E-state index in [0.29, 0.717) is 5.92 Å². The van der Waals surface area contributed by atoms with Crippen LogP contribution in [0.5, 0.6) is 0 Å². The zero-order valence-electron chi connectivity index (χ0n) is 9.50. The van der Waals surface area contributed by atoms with Crippen LogP contribution in [-0.4, -0.2) is 11.0 Å². The molecule has 2 atom stereocenters. The first-order valence-electron chi connectivity index (χ1n) is 5.23. The van der Waals surface area contributed by atoms with Crippen molar-refractivity contribution in [3.8, 4) is 0 Å². The van der Waals surface area contributed by atoms with E-state index in [0.717, 1.165) is 12.8 Å². The fraction of sp³-hybridized carbons (Fsp3) is 0.727. The lowest BCUT2D eigenvalue weighted by Crippen LogP contribution is -2.27. The predicted octanol–water partition coefficient (Wildman–Crippen LogP) is 2.68. The lowest BCUT2D eigenvalue weighted by molar-refractivity contribution is 0.427. The standard InChI is InChI=1S/C11H20N2S/c1-5-10(7(2)12)6-11-13-8(3)9(4)14-11/h7,10H,5-6,12H2,1-4H3. The van der Waals surface area contributed by atoms with E-state index in [2.05, 4.69) is 32.7 Å². The van der Waals surface area contributed by atoms with Crippen LogP contribution in [0, 0.1) is 19.8 Å². The molecule has 0 saturated carbocycles. The maximum atomic E-state index is 5.92. The third-order valence-corrected chi connectivity index (χ3v) is 3.87. The van der Waals surface area contributed by atoms with Crippen LogP contribution in [0.15, 0.2) is 0 Å². The molecule has 1 aromatic rings. The van der Waals surface area contributed by atoms with Gasteiger partial charge in [0, 0.05) is 17.3 Å². The van der Waals surface area contributed by atoms with E-state index in [1.807, 2.05) is 11.3 Å². The summed E-state index contributed by atoms with van der Waals surface area (Å²) in [5.74, 6) is 0.569. The Bertz CT molecular complexity index is 272. The minimum Gasteiger partial charge on any atom is -0.328 e. The van der Waals surface area contributed by atoms with Gasteiger partial charge in [-0.3, -0.25) is 0 Å². The Kier molecular flexibility index (Phi) is 4.08. The first kappa shape index (κ1) is 11.7. The first-order chi connectivity index (χ1) is 6.54. The number of hydrogen-bond acceptors (Lipinski definition) is 3. The number of nitrogens with zero attached hydrogens (tertiary/aromatic N) is 1. The Morgan fingerprint density at radius 3 is 2.43 bits per heavy atom. The van der Waals surface area contributed by atoms with Crippen molar-refractivity contribution in [1.29, 1.82) is 0 Å². The van der Waals surface area contributed by atoms with Gasteiger partial charge in [-0.1, -0.05) is 13.3 Å². The molecule has 2 N–H and O–H groups in total. The molecule has 1 rings (SSSR count). The Labute approximate surface area is 90.6 Å². The van der Waals surface area contributed by atoms with Crippen molar-refractivity contribution < 1.29 is 0 Å². The second-order valence-electron chi connectivity index (χ2n) is 3.98. The third kappa shape index (κ3) is 2.79. The molecule has 0 radical (unpaired) electrons. The second kappa shape index (κ2) is 4.89. The molecule has 0 aromatic carbocycles. The van der Waals surface area contributed by atoms with Crippen LogP contribution in [-0.2, 0) is 6.42 Å². The van der Waals surface area contributed by atoms with E-state index in [1.165, 1.54) is 15.6 Å². The summed E-state index contributed by atoms with van der Waals surface area (Å²) >= 11 is 1.81. The molecule has 3 heteroatoms. The van der Waals surface area contributed by atoms with Crippen molar-refractivity contribution >= 4 is 11.3 Å². The number of nitrogens with two attached hydrogens (primary N) is 1. The average molecular weight is 212 g/mol. The van der Waals surface area contributed by atoms with Gasteiger partial charge < -0.3 is 5.73 Å². The molecule has 2 unspecified atom stereocenters. The first-order valence-corrected chi connectivity index (χ1v) is 6.04. The maximum Gasteiger partial charge on any atom is 0.0934 e. The molecule has 0 aliphatic rings. The van der Waals surface area contributed by atoms with Gasteiger partial charge in [-0.05, 0) is 26.7 Å². The van der Waals surface area contributed by atoms with Gasteiger partial charge in [-0.2, -0.15) is 0 Å². The molecule has 1 heterocycles. The largest absolute Gasteiger partial charge is 0.328 e. The van der Waals surface area contributed by atoms with Crippen molar-refractivity contribution in [2.75, 3.05) is 0 Å². The van der Waals surface area contributed by atoms with Crippen molar-refractivity contribution in [3.05, 3.63) is 15.6 Å². The van der Waals surface area contributed by atoms with Crippen LogP contribution in [0.25, 0.3) is 0 Å². The number of aromatic nitrogens is 1. The smallest absolute Gasteiger partial charge is 0.0934 e. The van der Waals surface area contributed by atoms with Crippen LogP contribution in [0.2, 0.25) is 0 Å². The molecule has 0 aliphatic heterocycles. The summed E-state index contributed by atoms with van der Waals surface area (Å²) in [5.41, 5.74) is 7.09. The highest BCUT2D eigenvalue weighted by atomic mass is 32.1. The minimum atomic E-state index is 0.268. The topological polar surface area (TPSA) is 38.9 Å². The maximum absolute atomic E-state index is 5.92. The fourth-order valence-electron chi connectivity index (χ4n) is 1.55. The summed E-state index contributed by atoms with van der Waals surface area (Å²) in [5, 5.41) is 1.24. The predicted molar refractivity (Wildman–Crippen MR) is 62.7 cm³/mol. The van der Waals surface area contributed by atoms with Gasteiger partial charge in [0.15, 0.2) is 0 Å². The average Bonchev–Trinajstić information content (AvgIpc) is 2.41. The van der Waals surface area contributed by atoms with E-state index < -0.39 is 0 Å². The van der Waals surface area contributed by atoms with E-state index in [4.69, 9.17) is 5.73 Å². The SMILES string of the molecule is CCC(Cc1nc(C)c(C)s1)C(C)N. The Morgan fingerprint density at radius 1 is 1.43 bits per heavy atom. The van der Waals surface area contributed by atoms with Crippen LogP contribution in [0.4, 0.5) is 0 Å². The summed E-state index contributed by atoms with van der Waals surface area (Å²) < 4.78 is 0. The minimum absolute atomic E-state index is 0.268. The monoisotopic (exact) mass is 212 g/mol. The summed E-state index contributed by atoms with van der Waals surface area (Å²) in [6.45, 7) is 8.48. The molecule has 80 valence electrons. The number of thiazole rings is 1. The zero-order chi connectivity index (χ0) is 10.7. The fourth-order valence-corrected chi connectivity index (χ4v) is 2.58. The highest BCUT2D eigenvalue weighted by Crippen LogP contribution is 2.21. The molecule has 2 nitrogen and oxygen atoms in total. The molecule has 0 saturated heterocycles. The summed E-state index contributed by atoms with van der Waals surface area (Å²) in [6.07, 6.45) is 2.17. The molecule has 0 aliphatic carbocycles. The van der Waals surface area contributed by atoms with Gasteiger partial charge in [0.25, 0.3) is 0 Å². The summed E-state index contributed by atoms with van der Waals surface area (Å²) in [7, 11) is 0. The second-order valence-corrected chi connectivity index (χ2v) is 5.27. The number of aryl methyl sites for hydroxylation is 2. The normalized spacial score (nSPS) is 15.5. The number of rotatable bonds is 4. The van der Waals surface area contributed by atoms with Crippen LogP contribution >= 0.6 is 11.3 Å². The van der Waals surface area contributed by atoms with Crippen LogP contribution in [0.3, 0.4) is 0 Å². The Hall–Kier alpha value is -0.410. The van der Waals surface area contributed by atoms with Crippen molar-refractivity contribution in [3.63, 3.8) is 0 Å². The lowest BCUT2D eigenvalue weighted by atomic mass is 9.96. The molecule has 0 spiro atoms. The summed E-state index contributed by atoms with van der Waals surface area (Å²) in [6, 6.07) is 0.268. The van der Waals surface area contributed by atoms with Crippen LogP contribution < -0.4 is 5.73 Å². The van der Waals surface area contributed by atoms with E-state index in [1.54, 1.807) is 0 Å². The molecule has 0 amide bonds. The van der Waals surface area contributed by atoms with Crippen molar-refractivity contribution in [1.82, 2.24) is 4.98 Å². The zero-order valence-corrected chi connectivity index (χ0v) is 10.3. The van der Waals surface area contributed by atoms with Crippen molar-refractivity contribution in [2.24, 2.45) is 11.7 Å². The van der Waals surface area contributed by atoms with Gasteiger partial charge in [-0.15, -0.1) is 11.3 Å². The highest BCUT2D eigenvalue weighted by molar-refractivity contribution is 7.11. The highest BCUT2D eigenvalue weighted by Gasteiger charge is 2.14. The van der Waals surface area contributed by atoms with Gasteiger partial charge >= 0.3 is 0 Å². The van der Waals surface area contributed by atoms with E-state index in [9.17, 15) is 0 Å². The molecule has 14 heavy (non-hydrogen) atoms. The van der Waals surface area contributed by atoms with Crippen molar-refractivity contribution in [2.45, 2.75) is 46.6 Å². The van der Waals surface area contributed by atoms with Gasteiger partial charge in [0.2, 0.25) is 0 Å². The Morgan fingerprint density at radius 2 is 2.07 bits per heavy atom. The molecule has 0 fully saturated rings. The molecular weight excluding hydrogens is 192 g/mol. The molecular formula is C11H20N2S. The van der Waals surface area contributed by atoms with E-state index in [-0.39, 0.29) is 6.04 Å². The summed E-state index contributed by atoms with van der Waals surface area (Å²) in [4.78, 5) is 5.88. The van der Waals surface area contributed by atoms with Crippen LogP contribution in [0.1, 0.15) is 35.8 Å². The molecule has 1 aromatic heterocycles. The van der Waals surface area contributed by atoms with Gasteiger partial charge in [-0.25, -0.2) is 4.98 Å². The quantitative estimate of drug-likeness (QED) is 0.833. The Balaban J connectivity index is 2.67. The van der Waals surface area contributed by atoms with Gasteiger partial charge in [0.05, 0.1) is 10.7 Å². The number of hydrogen-bond donors (Lipinski definition) is 1. The van der Waals surface area contributed by atoms with Gasteiger partial charge in [0.1, 0.15) is 0 Å². The van der Waals surface area contributed by atoms with E-state index >= 15 is 0 Å². The lowest BCUT2D eigenvalue weighted by Gasteiger charge is -2.16. The molecule has 0 bridgehead atoms. The third-order valence-electron chi connectivity index (χ3n) is 2.78.